The number of aromatic amines is 1. The molecule has 1 aromatic carbocycles. The van der Waals surface area contributed by atoms with Gasteiger partial charge in [-0.2, -0.15) is 0 Å². The minimum absolute atomic E-state index is 0.116. The number of benzene rings is 1. The SMILES string of the molecule is Nc1cncc(-c2ccc(C(=O)NCCc3cnc[nH]3)cc2)n1.O=CO. The Hall–Kier alpha value is -3.75. The van der Waals surface area contributed by atoms with Gasteiger partial charge in [0.15, 0.2) is 0 Å². The first-order valence-electron chi connectivity index (χ1n) is 7.65. The number of anilines is 1. The molecular formula is C17H18N6O3. The molecule has 9 heteroatoms. The number of hydrogen-bond acceptors (Lipinski definition) is 6. The van der Waals surface area contributed by atoms with Crippen LogP contribution in [0.15, 0.2) is 49.2 Å². The summed E-state index contributed by atoms with van der Waals surface area (Å²) >= 11 is 0. The van der Waals surface area contributed by atoms with Crippen molar-refractivity contribution in [3.8, 4) is 11.3 Å². The molecule has 3 rings (SSSR count). The number of carbonyl (C=O) groups excluding carboxylic acids is 1. The van der Waals surface area contributed by atoms with E-state index in [4.69, 9.17) is 15.6 Å². The number of nitrogens with zero attached hydrogens (tertiary/aromatic N) is 3. The average Bonchev–Trinajstić information content (AvgIpc) is 3.16. The van der Waals surface area contributed by atoms with Gasteiger partial charge in [-0.15, -0.1) is 0 Å². The third-order valence-corrected chi connectivity index (χ3v) is 3.33. The highest BCUT2D eigenvalue weighted by Crippen LogP contribution is 2.17. The van der Waals surface area contributed by atoms with Crippen molar-refractivity contribution < 1.29 is 14.7 Å². The van der Waals surface area contributed by atoms with Gasteiger partial charge in [-0.1, -0.05) is 12.1 Å². The first-order chi connectivity index (χ1) is 12.6. The summed E-state index contributed by atoms with van der Waals surface area (Å²) in [6.45, 7) is 0.295. The van der Waals surface area contributed by atoms with Crippen molar-refractivity contribution in [3.05, 3.63) is 60.4 Å². The maximum Gasteiger partial charge on any atom is 0.290 e. The molecule has 0 bridgehead atoms. The van der Waals surface area contributed by atoms with E-state index in [1.165, 1.54) is 6.20 Å². The number of nitrogens with two attached hydrogens (primary N) is 1. The lowest BCUT2D eigenvalue weighted by Crippen LogP contribution is -2.25. The summed E-state index contributed by atoms with van der Waals surface area (Å²) in [5.74, 6) is 0.248. The molecule has 1 amide bonds. The van der Waals surface area contributed by atoms with Crippen LogP contribution in [0, 0.1) is 0 Å². The van der Waals surface area contributed by atoms with Gasteiger partial charge >= 0.3 is 0 Å². The van der Waals surface area contributed by atoms with Crippen LogP contribution in [0.4, 0.5) is 5.82 Å². The van der Waals surface area contributed by atoms with Gasteiger partial charge in [-0.3, -0.25) is 14.6 Å². The number of nitrogen functional groups attached to an aromatic ring is 1. The Labute approximate surface area is 149 Å². The summed E-state index contributed by atoms with van der Waals surface area (Å²) < 4.78 is 0. The second kappa shape index (κ2) is 9.52. The van der Waals surface area contributed by atoms with Gasteiger partial charge in [0.25, 0.3) is 12.4 Å². The van der Waals surface area contributed by atoms with Crippen LogP contribution in [-0.4, -0.2) is 44.0 Å². The molecular weight excluding hydrogens is 336 g/mol. The lowest BCUT2D eigenvalue weighted by atomic mass is 10.1. The van der Waals surface area contributed by atoms with Crippen LogP contribution in [0.2, 0.25) is 0 Å². The molecule has 0 saturated heterocycles. The highest BCUT2D eigenvalue weighted by molar-refractivity contribution is 5.94. The van der Waals surface area contributed by atoms with Crippen molar-refractivity contribution in [1.29, 1.82) is 0 Å². The average molecular weight is 354 g/mol. The van der Waals surface area contributed by atoms with E-state index in [0.717, 1.165) is 11.3 Å². The summed E-state index contributed by atoms with van der Waals surface area (Å²) in [6, 6.07) is 7.16. The van der Waals surface area contributed by atoms with Gasteiger partial charge in [0, 0.05) is 36.0 Å². The lowest BCUT2D eigenvalue weighted by molar-refractivity contribution is -0.122. The predicted octanol–water partition coefficient (Wildman–Crippen LogP) is 1.12. The van der Waals surface area contributed by atoms with Gasteiger partial charge in [0.05, 0.1) is 24.4 Å². The number of carbonyl (C=O) groups is 2. The van der Waals surface area contributed by atoms with Crippen molar-refractivity contribution >= 4 is 18.2 Å². The molecule has 9 nitrogen and oxygen atoms in total. The zero-order chi connectivity index (χ0) is 18.8. The summed E-state index contributed by atoms with van der Waals surface area (Å²) in [6.07, 6.45) is 7.20. The molecule has 0 aliphatic rings. The Kier molecular flexibility index (Phi) is 6.81. The van der Waals surface area contributed by atoms with Gasteiger partial charge in [0.1, 0.15) is 5.82 Å². The second-order valence-corrected chi connectivity index (χ2v) is 5.09. The third-order valence-electron chi connectivity index (χ3n) is 3.33. The molecule has 0 fully saturated rings. The normalized spacial score (nSPS) is 9.69. The first-order valence-corrected chi connectivity index (χ1v) is 7.65. The number of rotatable bonds is 5. The van der Waals surface area contributed by atoms with Gasteiger partial charge < -0.3 is 21.1 Å². The lowest BCUT2D eigenvalue weighted by Gasteiger charge is -2.06. The number of H-pyrrole nitrogens is 1. The number of amides is 1. The van der Waals surface area contributed by atoms with Crippen molar-refractivity contribution in [2.75, 3.05) is 12.3 Å². The predicted molar refractivity (Wildman–Crippen MR) is 95.2 cm³/mol. The molecule has 5 N–H and O–H groups in total. The highest BCUT2D eigenvalue weighted by Gasteiger charge is 2.07. The molecule has 2 aromatic heterocycles. The van der Waals surface area contributed by atoms with E-state index in [9.17, 15) is 4.79 Å². The first kappa shape index (κ1) is 18.6. The summed E-state index contributed by atoms with van der Waals surface area (Å²) in [5, 5.41) is 9.76. The number of carboxylic acid groups (broad SMARTS) is 1. The molecule has 2 heterocycles. The monoisotopic (exact) mass is 354 g/mol. The van der Waals surface area contributed by atoms with Crippen molar-refractivity contribution in [1.82, 2.24) is 25.3 Å². The zero-order valence-corrected chi connectivity index (χ0v) is 13.8. The zero-order valence-electron chi connectivity index (χ0n) is 13.8. The highest BCUT2D eigenvalue weighted by atomic mass is 16.3. The molecule has 26 heavy (non-hydrogen) atoms. The van der Waals surface area contributed by atoms with Crippen molar-refractivity contribution in [3.63, 3.8) is 0 Å². The standard InChI is InChI=1S/C16H16N6O.CH2O2/c17-15-9-18-8-14(22-15)11-1-3-12(4-2-11)16(23)20-6-5-13-7-19-10-21-13;2-1-3/h1-4,7-10H,5-6H2,(H2,17,22)(H,19,21)(H,20,23);1H,(H,2,3). The molecule has 0 saturated carbocycles. The van der Waals surface area contributed by atoms with Gasteiger partial charge in [-0.25, -0.2) is 9.97 Å². The van der Waals surface area contributed by atoms with E-state index in [1.54, 1.807) is 30.9 Å². The van der Waals surface area contributed by atoms with E-state index >= 15 is 0 Å². The molecule has 0 atom stereocenters. The molecule has 0 aliphatic carbocycles. The van der Waals surface area contributed by atoms with E-state index in [-0.39, 0.29) is 12.4 Å². The fourth-order valence-corrected chi connectivity index (χ4v) is 2.15. The van der Waals surface area contributed by atoms with E-state index in [1.807, 2.05) is 12.1 Å². The maximum absolute atomic E-state index is 12.1. The number of nitrogens with one attached hydrogen (secondary N) is 2. The minimum atomic E-state index is -0.250. The molecule has 0 radical (unpaired) electrons. The topological polar surface area (TPSA) is 147 Å². The van der Waals surface area contributed by atoms with Crippen LogP contribution in [0.1, 0.15) is 16.1 Å². The Balaban J connectivity index is 0.000000758. The van der Waals surface area contributed by atoms with Crippen LogP contribution < -0.4 is 11.1 Å². The summed E-state index contributed by atoms with van der Waals surface area (Å²) in [5.41, 5.74) is 8.74. The molecule has 134 valence electrons. The summed E-state index contributed by atoms with van der Waals surface area (Å²) in [4.78, 5) is 35.6. The van der Waals surface area contributed by atoms with Gasteiger partial charge in [0.2, 0.25) is 0 Å². The van der Waals surface area contributed by atoms with E-state index in [0.29, 0.717) is 30.0 Å². The van der Waals surface area contributed by atoms with Crippen molar-refractivity contribution in [2.45, 2.75) is 6.42 Å². The Bertz CT molecular complexity index is 834. The summed E-state index contributed by atoms with van der Waals surface area (Å²) in [7, 11) is 0. The van der Waals surface area contributed by atoms with E-state index in [2.05, 4.69) is 25.3 Å². The van der Waals surface area contributed by atoms with Crippen molar-refractivity contribution in [2.24, 2.45) is 0 Å². The number of hydrogen-bond donors (Lipinski definition) is 4. The maximum atomic E-state index is 12.1. The largest absolute Gasteiger partial charge is 0.483 e. The van der Waals surface area contributed by atoms with Crippen LogP contribution in [-0.2, 0) is 11.2 Å². The fraction of sp³-hybridized carbons (Fsp3) is 0.118. The quantitative estimate of drug-likeness (QED) is 0.502. The Morgan fingerprint density at radius 3 is 2.54 bits per heavy atom. The van der Waals surface area contributed by atoms with E-state index < -0.39 is 0 Å². The molecule has 0 aliphatic heterocycles. The smallest absolute Gasteiger partial charge is 0.290 e. The number of imidazole rings is 1. The van der Waals surface area contributed by atoms with Crippen LogP contribution in [0.25, 0.3) is 11.3 Å². The fourth-order valence-electron chi connectivity index (χ4n) is 2.15. The molecule has 0 spiro atoms. The van der Waals surface area contributed by atoms with Crippen LogP contribution in [0.3, 0.4) is 0 Å². The molecule has 3 aromatic rings. The Morgan fingerprint density at radius 1 is 1.19 bits per heavy atom. The third kappa shape index (κ3) is 5.41. The number of aromatic nitrogens is 4. The second-order valence-electron chi connectivity index (χ2n) is 5.09. The van der Waals surface area contributed by atoms with Crippen LogP contribution >= 0.6 is 0 Å². The van der Waals surface area contributed by atoms with Gasteiger partial charge in [-0.05, 0) is 12.1 Å². The molecule has 0 unspecified atom stereocenters. The Morgan fingerprint density at radius 2 is 1.92 bits per heavy atom. The van der Waals surface area contributed by atoms with Crippen LogP contribution in [0.5, 0.6) is 0 Å². The minimum Gasteiger partial charge on any atom is -0.483 e.